The van der Waals surface area contributed by atoms with Crippen LogP contribution in [-0.4, -0.2) is 42.8 Å². The highest BCUT2D eigenvalue weighted by Gasteiger charge is 2.27. The van der Waals surface area contributed by atoms with Gasteiger partial charge in [-0.25, -0.2) is 4.79 Å². The van der Waals surface area contributed by atoms with Gasteiger partial charge in [-0.2, -0.15) is 0 Å². The van der Waals surface area contributed by atoms with Gasteiger partial charge in [-0.15, -0.1) is 0 Å². The van der Waals surface area contributed by atoms with Crippen LogP contribution < -0.4 is 20.1 Å². The average molecular weight is 373 g/mol. The van der Waals surface area contributed by atoms with Crippen molar-refractivity contribution >= 4 is 17.6 Å². The molecule has 2 heterocycles. The number of carbonyl (C=O) groups excluding carboxylic acids is 2. The lowest BCUT2D eigenvalue weighted by atomic mass is 9.88. The molecule has 1 saturated carbocycles. The van der Waals surface area contributed by atoms with Crippen molar-refractivity contribution in [2.24, 2.45) is 5.92 Å². The third-order valence-electron chi connectivity index (χ3n) is 5.73. The van der Waals surface area contributed by atoms with E-state index in [2.05, 4.69) is 10.6 Å². The number of amides is 3. The molecule has 4 rings (SSSR count). The summed E-state index contributed by atoms with van der Waals surface area (Å²) < 4.78 is 10.6. The molecule has 1 aliphatic carbocycles. The molecule has 7 nitrogen and oxygen atoms in total. The first-order chi connectivity index (χ1) is 13.2. The van der Waals surface area contributed by atoms with E-state index in [1.54, 1.807) is 17.0 Å². The minimum absolute atomic E-state index is 0.120. The first kappa shape index (κ1) is 17.9. The van der Waals surface area contributed by atoms with Gasteiger partial charge in [0.1, 0.15) is 0 Å². The van der Waals surface area contributed by atoms with Gasteiger partial charge < -0.3 is 25.0 Å². The third-order valence-corrected chi connectivity index (χ3v) is 5.73. The highest BCUT2D eigenvalue weighted by molar-refractivity contribution is 5.90. The van der Waals surface area contributed by atoms with Gasteiger partial charge in [0.05, 0.1) is 0 Å². The number of fused-ring (bicyclic) bond motifs is 1. The van der Waals surface area contributed by atoms with E-state index >= 15 is 0 Å². The van der Waals surface area contributed by atoms with Crippen LogP contribution in [0.1, 0.15) is 44.9 Å². The van der Waals surface area contributed by atoms with Crippen molar-refractivity contribution in [2.75, 3.05) is 25.2 Å². The molecule has 1 aromatic rings. The fourth-order valence-corrected chi connectivity index (χ4v) is 4.09. The van der Waals surface area contributed by atoms with Crippen LogP contribution >= 0.6 is 0 Å². The molecule has 2 N–H and O–H groups in total. The Morgan fingerprint density at radius 3 is 2.48 bits per heavy atom. The van der Waals surface area contributed by atoms with Crippen LogP contribution in [0.2, 0.25) is 0 Å². The highest BCUT2D eigenvalue weighted by Crippen LogP contribution is 2.34. The second-order valence-electron chi connectivity index (χ2n) is 7.60. The summed E-state index contributed by atoms with van der Waals surface area (Å²) in [5, 5.41) is 6.11. The molecule has 146 valence electrons. The summed E-state index contributed by atoms with van der Waals surface area (Å²) in [5.41, 5.74) is 0.692. The maximum atomic E-state index is 12.5. The van der Waals surface area contributed by atoms with Gasteiger partial charge in [-0.05, 0) is 37.8 Å². The Morgan fingerprint density at radius 1 is 0.963 bits per heavy atom. The zero-order valence-corrected chi connectivity index (χ0v) is 15.5. The molecule has 3 aliphatic rings. The van der Waals surface area contributed by atoms with E-state index in [0.717, 1.165) is 38.5 Å². The lowest BCUT2D eigenvalue weighted by Gasteiger charge is -2.33. The smallest absolute Gasteiger partial charge is 0.321 e. The lowest BCUT2D eigenvalue weighted by molar-refractivity contribution is -0.126. The van der Waals surface area contributed by atoms with E-state index in [1.807, 2.05) is 6.07 Å². The van der Waals surface area contributed by atoms with Gasteiger partial charge in [0.2, 0.25) is 12.7 Å². The van der Waals surface area contributed by atoms with Crippen LogP contribution in [0.25, 0.3) is 0 Å². The molecule has 0 bridgehead atoms. The predicted molar refractivity (Wildman–Crippen MR) is 101 cm³/mol. The van der Waals surface area contributed by atoms with Crippen molar-refractivity contribution in [3.63, 3.8) is 0 Å². The molecule has 0 atom stereocenters. The van der Waals surface area contributed by atoms with Gasteiger partial charge in [-0.3, -0.25) is 4.79 Å². The molecule has 7 heteroatoms. The van der Waals surface area contributed by atoms with Crippen LogP contribution in [0.4, 0.5) is 10.5 Å². The quantitative estimate of drug-likeness (QED) is 0.853. The van der Waals surface area contributed by atoms with Crippen molar-refractivity contribution < 1.29 is 19.1 Å². The number of anilines is 1. The fraction of sp³-hybridized carbons (Fsp3) is 0.600. The standard InChI is InChI=1S/C20H27N3O4/c24-19(14-4-2-1-3-5-14)21-15-8-10-23(11-9-15)20(25)22-16-6-7-17-18(12-16)27-13-26-17/h6-7,12,14-15H,1-5,8-11,13H2,(H,21,24)(H,22,25). The molecule has 3 amide bonds. The molecule has 1 aromatic carbocycles. The van der Waals surface area contributed by atoms with Gasteiger partial charge in [-0.1, -0.05) is 19.3 Å². The van der Waals surface area contributed by atoms with Crippen molar-refractivity contribution in [3.05, 3.63) is 18.2 Å². The zero-order valence-electron chi connectivity index (χ0n) is 15.5. The van der Waals surface area contributed by atoms with E-state index in [0.29, 0.717) is 30.3 Å². The largest absolute Gasteiger partial charge is 0.454 e. The van der Waals surface area contributed by atoms with Crippen LogP contribution in [0.3, 0.4) is 0 Å². The summed E-state index contributed by atoms with van der Waals surface area (Å²) in [6.45, 7) is 1.50. The Kier molecular flexibility index (Phi) is 5.36. The molecule has 2 fully saturated rings. The van der Waals surface area contributed by atoms with E-state index in [4.69, 9.17) is 9.47 Å². The molecule has 27 heavy (non-hydrogen) atoms. The summed E-state index contributed by atoms with van der Waals surface area (Å²) in [4.78, 5) is 26.7. The Hall–Kier alpha value is -2.44. The van der Waals surface area contributed by atoms with Crippen molar-refractivity contribution in [1.82, 2.24) is 10.2 Å². The van der Waals surface area contributed by atoms with Crippen LogP contribution in [0.15, 0.2) is 18.2 Å². The second-order valence-corrected chi connectivity index (χ2v) is 7.60. The average Bonchev–Trinajstić information content (AvgIpc) is 3.17. The topological polar surface area (TPSA) is 79.9 Å². The number of ether oxygens (including phenoxy) is 2. The predicted octanol–water partition coefficient (Wildman–Crippen LogP) is 3.11. The van der Waals surface area contributed by atoms with E-state index in [9.17, 15) is 9.59 Å². The minimum Gasteiger partial charge on any atom is -0.454 e. The number of hydrogen-bond acceptors (Lipinski definition) is 4. The second kappa shape index (κ2) is 8.06. The molecule has 2 aliphatic heterocycles. The first-order valence-electron chi connectivity index (χ1n) is 9.95. The summed E-state index contributed by atoms with van der Waals surface area (Å²) in [6.07, 6.45) is 7.21. The molecule has 0 aromatic heterocycles. The SMILES string of the molecule is O=C(NC1CCN(C(=O)Nc2ccc3c(c2)OCO3)CC1)C1CCCCC1. The molecular formula is C20H27N3O4. The molecule has 0 unspecified atom stereocenters. The normalized spacial score (nSPS) is 20.4. The molecule has 0 radical (unpaired) electrons. The number of rotatable bonds is 3. The van der Waals surface area contributed by atoms with Crippen LogP contribution in [0.5, 0.6) is 11.5 Å². The first-order valence-corrected chi connectivity index (χ1v) is 9.95. The Morgan fingerprint density at radius 2 is 1.70 bits per heavy atom. The number of hydrogen-bond donors (Lipinski definition) is 2. The number of carbonyl (C=O) groups is 2. The fourth-order valence-electron chi connectivity index (χ4n) is 4.09. The van der Waals surface area contributed by atoms with Gasteiger partial charge in [0, 0.05) is 36.8 Å². The zero-order chi connectivity index (χ0) is 18.6. The summed E-state index contributed by atoms with van der Waals surface area (Å²) >= 11 is 0. The number of likely N-dealkylation sites (tertiary alicyclic amines) is 1. The molecule has 0 spiro atoms. The molecular weight excluding hydrogens is 346 g/mol. The van der Waals surface area contributed by atoms with Crippen molar-refractivity contribution in [3.8, 4) is 11.5 Å². The number of benzene rings is 1. The maximum absolute atomic E-state index is 12.5. The van der Waals surface area contributed by atoms with E-state index < -0.39 is 0 Å². The van der Waals surface area contributed by atoms with Gasteiger partial charge >= 0.3 is 6.03 Å². The van der Waals surface area contributed by atoms with Gasteiger partial charge in [0.15, 0.2) is 11.5 Å². The lowest BCUT2D eigenvalue weighted by Crippen LogP contribution is -2.49. The Balaban J connectivity index is 1.24. The number of nitrogens with one attached hydrogen (secondary N) is 2. The van der Waals surface area contributed by atoms with Gasteiger partial charge in [0.25, 0.3) is 0 Å². The van der Waals surface area contributed by atoms with Crippen molar-refractivity contribution in [1.29, 1.82) is 0 Å². The Labute approximate surface area is 159 Å². The molecule has 1 saturated heterocycles. The number of urea groups is 1. The van der Waals surface area contributed by atoms with E-state index in [-0.39, 0.29) is 30.7 Å². The van der Waals surface area contributed by atoms with E-state index in [1.165, 1.54) is 6.42 Å². The van der Waals surface area contributed by atoms with Crippen LogP contribution in [0, 0.1) is 5.92 Å². The third kappa shape index (κ3) is 4.28. The Bertz CT molecular complexity index is 694. The van der Waals surface area contributed by atoms with Crippen LogP contribution in [-0.2, 0) is 4.79 Å². The highest BCUT2D eigenvalue weighted by atomic mass is 16.7. The number of nitrogens with zero attached hydrogens (tertiary/aromatic N) is 1. The number of piperidine rings is 1. The maximum Gasteiger partial charge on any atom is 0.321 e. The summed E-state index contributed by atoms with van der Waals surface area (Å²) in [5.74, 6) is 1.74. The monoisotopic (exact) mass is 373 g/mol. The minimum atomic E-state index is -0.120. The summed E-state index contributed by atoms with van der Waals surface area (Å²) in [7, 11) is 0. The summed E-state index contributed by atoms with van der Waals surface area (Å²) in [6, 6.07) is 5.44. The van der Waals surface area contributed by atoms with Crippen molar-refractivity contribution in [2.45, 2.75) is 51.0 Å².